The van der Waals surface area contributed by atoms with Gasteiger partial charge in [-0.1, -0.05) is 38.1 Å². The van der Waals surface area contributed by atoms with Crippen LogP contribution >= 0.6 is 0 Å². The molecule has 1 aromatic rings. The van der Waals surface area contributed by atoms with Gasteiger partial charge < -0.3 is 4.90 Å². The lowest BCUT2D eigenvalue weighted by atomic mass is 10.0. The van der Waals surface area contributed by atoms with Crippen molar-refractivity contribution in [3.05, 3.63) is 35.4 Å². The zero-order valence-corrected chi connectivity index (χ0v) is 13.2. The number of hydrogen-bond acceptors (Lipinski definition) is 2. The highest BCUT2D eigenvalue weighted by Crippen LogP contribution is 2.31. The molecule has 1 aromatic carbocycles. The van der Waals surface area contributed by atoms with Crippen LogP contribution in [0, 0.1) is 12.8 Å². The fourth-order valence-electron chi connectivity index (χ4n) is 3.14. The minimum Gasteiger partial charge on any atom is -0.319 e. The summed E-state index contributed by atoms with van der Waals surface area (Å²) in [6, 6.07) is 8.46. The van der Waals surface area contributed by atoms with Gasteiger partial charge in [-0.3, -0.25) is 10.1 Å². The molecule has 3 unspecified atom stereocenters. The molecule has 1 saturated heterocycles. The average molecular weight is 274 g/mol. The molecule has 3 atom stereocenters. The van der Waals surface area contributed by atoms with Crippen LogP contribution in [0.4, 0.5) is 0 Å². The average Bonchev–Trinajstić information content (AvgIpc) is 2.65. The second kappa shape index (κ2) is 5.96. The highest BCUT2D eigenvalue weighted by molar-refractivity contribution is 5.84. The van der Waals surface area contributed by atoms with E-state index in [1.807, 2.05) is 24.0 Å². The molecule has 0 radical (unpaired) electrons. The van der Waals surface area contributed by atoms with Crippen molar-refractivity contribution < 1.29 is 4.79 Å². The van der Waals surface area contributed by atoms with Gasteiger partial charge in [-0.2, -0.15) is 0 Å². The van der Waals surface area contributed by atoms with Crippen molar-refractivity contribution >= 4 is 5.91 Å². The van der Waals surface area contributed by atoms with Gasteiger partial charge in [0, 0.05) is 6.04 Å². The standard InChI is InChI=1S/C17H26N2O/c1-11(2)10-13(4)19-16(18-14(5)17(19)20)15-9-7-6-8-12(15)3/h6-9,11,13-14,16,18H,10H2,1-5H3. The number of nitrogens with one attached hydrogen (secondary N) is 1. The van der Waals surface area contributed by atoms with E-state index in [1.54, 1.807) is 0 Å². The number of benzene rings is 1. The summed E-state index contributed by atoms with van der Waals surface area (Å²) in [6.45, 7) is 10.6. The molecule has 3 heteroatoms. The predicted octanol–water partition coefficient (Wildman–Crippen LogP) is 3.25. The Morgan fingerprint density at radius 2 is 1.90 bits per heavy atom. The monoisotopic (exact) mass is 274 g/mol. The number of aryl methyl sites for hydroxylation is 1. The summed E-state index contributed by atoms with van der Waals surface area (Å²) in [6.07, 6.45) is 1.04. The molecule has 1 heterocycles. The van der Waals surface area contributed by atoms with Gasteiger partial charge >= 0.3 is 0 Å². The Kier molecular flexibility index (Phi) is 4.48. The maximum Gasteiger partial charge on any atom is 0.241 e. The van der Waals surface area contributed by atoms with Crippen molar-refractivity contribution in [2.45, 2.75) is 59.3 Å². The number of carbonyl (C=O) groups excluding carboxylic acids is 1. The molecule has 0 spiro atoms. The number of nitrogens with zero attached hydrogens (tertiary/aromatic N) is 1. The Morgan fingerprint density at radius 3 is 2.50 bits per heavy atom. The summed E-state index contributed by atoms with van der Waals surface area (Å²) in [4.78, 5) is 14.5. The highest BCUT2D eigenvalue weighted by atomic mass is 16.2. The number of rotatable bonds is 4. The van der Waals surface area contributed by atoms with Gasteiger partial charge in [0.15, 0.2) is 0 Å². The van der Waals surface area contributed by atoms with E-state index >= 15 is 0 Å². The van der Waals surface area contributed by atoms with E-state index in [1.165, 1.54) is 11.1 Å². The Morgan fingerprint density at radius 1 is 1.25 bits per heavy atom. The van der Waals surface area contributed by atoms with E-state index in [9.17, 15) is 4.79 Å². The van der Waals surface area contributed by atoms with Gasteiger partial charge in [-0.05, 0) is 44.2 Å². The first kappa shape index (κ1) is 15.0. The van der Waals surface area contributed by atoms with Crippen LogP contribution in [0.25, 0.3) is 0 Å². The molecule has 1 aliphatic rings. The smallest absolute Gasteiger partial charge is 0.241 e. The third kappa shape index (κ3) is 2.88. The first-order valence-corrected chi connectivity index (χ1v) is 7.55. The van der Waals surface area contributed by atoms with Gasteiger partial charge in [0.25, 0.3) is 0 Å². The van der Waals surface area contributed by atoms with Gasteiger partial charge in [0.1, 0.15) is 6.17 Å². The number of carbonyl (C=O) groups is 1. The molecular formula is C17H26N2O. The molecule has 110 valence electrons. The lowest BCUT2D eigenvalue weighted by Crippen LogP contribution is -2.39. The van der Waals surface area contributed by atoms with E-state index in [0.29, 0.717) is 5.92 Å². The van der Waals surface area contributed by atoms with Crippen LogP contribution in [-0.4, -0.2) is 22.9 Å². The molecule has 1 fully saturated rings. The third-order valence-electron chi connectivity index (χ3n) is 4.08. The van der Waals surface area contributed by atoms with Crippen LogP contribution < -0.4 is 5.32 Å². The van der Waals surface area contributed by atoms with Gasteiger partial charge in [0.05, 0.1) is 6.04 Å². The molecular weight excluding hydrogens is 248 g/mol. The zero-order chi connectivity index (χ0) is 14.9. The van der Waals surface area contributed by atoms with E-state index < -0.39 is 0 Å². The Balaban J connectivity index is 2.31. The fraction of sp³-hybridized carbons (Fsp3) is 0.588. The van der Waals surface area contributed by atoms with Crippen LogP contribution in [-0.2, 0) is 4.79 Å². The summed E-state index contributed by atoms with van der Waals surface area (Å²) in [7, 11) is 0. The topological polar surface area (TPSA) is 32.3 Å². The van der Waals surface area contributed by atoms with E-state index in [-0.39, 0.29) is 24.2 Å². The maximum atomic E-state index is 12.5. The Hall–Kier alpha value is -1.35. The van der Waals surface area contributed by atoms with Crippen molar-refractivity contribution in [1.82, 2.24) is 10.2 Å². The van der Waals surface area contributed by atoms with Crippen LogP contribution in [0.5, 0.6) is 0 Å². The molecule has 0 saturated carbocycles. The van der Waals surface area contributed by atoms with Crippen LogP contribution in [0.3, 0.4) is 0 Å². The van der Waals surface area contributed by atoms with Crippen LogP contribution in [0.15, 0.2) is 24.3 Å². The minimum absolute atomic E-state index is 0.00690. The summed E-state index contributed by atoms with van der Waals surface area (Å²) in [5.74, 6) is 0.803. The number of hydrogen-bond donors (Lipinski definition) is 1. The summed E-state index contributed by atoms with van der Waals surface area (Å²) in [5, 5.41) is 3.44. The Labute approximate surface area is 122 Å². The molecule has 1 aliphatic heterocycles. The normalized spacial score (nSPS) is 24.5. The predicted molar refractivity (Wildman–Crippen MR) is 82.3 cm³/mol. The van der Waals surface area contributed by atoms with Crippen molar-refractivity contribution in [1.29, 1.82) is 0 Å². The van der Waals surface area contributed by atoms with E-state index in [4.69, 9.17) is 0 Å². The SMILES string of the molecule is Cc1ccccc1C1NC(C)C(=O)N1C(C)CC(C)C. The summed E-state index contributed by atoms with van der Waals surface area (Å²) >= 11 is 0. The van der Waals surface area contributed by atoms with Gasteiger partial charge in [-0.25, -0.2) is 0 Å². The van der Waals surface area contributed by atoms with E-state index in [2.05, 4.69) is 45.1 Å². The zero-order valence-electron chi connectivity index (χ0n) is 13.2. The summed E-state index contributed by atoms with van der Waals surface area (Å²) < 4.78 is 0. The second-order valence-corrected chi connectivity index (χ2v) is 6.37. The van der Waals surface area contributed by atoms with Gasteiger partial charge in [0.2, 0.25) is 5.91 Å². The van der Waals surface area contributed by atoms with Crippen LogP contribution in [0.1, 0.15) is 51.4 Å². The van der Waals surface area contributed by atoms with Gasteiger partial charge in [-0.15, -0.1) is 0 Å². The first-order chi connectivity index (χ1) is 9.41. The van der Waals surface area contributed by atoms with Crippen molar-refractivity contribution in [3.63, 3.8) is 0 Å². The van der Waals surface area contributed by atoms with Crippen LogP contribution in [0.2, 0.25) is 0 Å². The van der Waals surface area contributed by atoms with Crippen molar-refractivity contribution in [2.75, 3.05) is 0 Å². The van der Waals surface area contributed by atoms with Crippen molar-refractivity contribution in [2.24, 2.45) is 5.92 Å². The molecule has 3 nitrogen and oxygen atoms in total. The third-order valence-corrected chi connectivity index (χ3v) is 4.08. The molecule has 0 bridgehead atoms. The molecule has 0 aromatic heterocycles. The Bertz CT molecular complexity index is 484. The number of amides is 1. The van der Waals surface area contributed by atoms with Crippen molar-refractivity contribution in [3.8, 4) is 0 Å². The fourth-order valence-corrected chi connectivity index (χ4v) is 3.14. The first-order valence-electron chi connectivity index (χ1n) is 7.55. The lowest BCUT2D eigenvalue weighted by molar-refractivity contribution is -0.132. The largest absolute Gasteiger partial charge is 0.319 e. The van der Waals surface area contributed by atoms with E-state index in [0.717, 1.165) is 6.42 Å². The second-order valence-electron chi connectivity index (χ2n) is 6.37. The highest BCUT2D eigenvalue weighted by Gasteiger charge is 2.40. The molecule has 1 N–H and O–H groups in total. The summed E-state index contributed by atoms with van der Waals surface area (Å²) in [5.41, 5.74) is 2.44. The maximum absolute atomic E-state index is 12.5. The molecule has 1 amide bonds. The molecule has 2 rings (SSSR count). The minimum atomic E-state index is -0.103. The molecule has 20 heavy (non-hydrogen) atoms. The lowest BCUT2D eigenvalue weighted by Gasteiger charge is -2.32. The quantitative estimate of drug-likeness (QED) is 0.914. The molecule has 0 aliphatic carbocycles.